The van der Waals surface area contributed by atoms with E-state index in [0.29, 0.717) is 0 Å². The molecule has 0 heterocycles. The number of ketones is 1. The van der Waals surface area contributed by atoms with Gasteiger partial charge in [0.05, 0.1) is 11.9 Å². The van der Waals surface area contributed by atoms with Crippen molar-refractivity contribution in [1.82, 2.24) is 0 Å². The van der Waals surface area contributed by atoms with Crippen molar-refractivity contribution in [1.29, 1.82) is 0 Å². The lowest BCUT2D eigenvalue weighted by Crippen LogP contribution is -2.69. The van der Waals surface area contributed by atoms with Gasteiger partial charge < -0.3 is 41.2 Å². The SMILES string of the molecule is [NH3+]C(CC1C=CC(=O)C(C(CC([NH3+])C(=O)[O-])C(=O)[O-])=C1)C(=O)[O-]. The first kappa shape index (κ1) is 18.5. The average Bonchev–Trinajstić information content (AvgIpc) is 2.46. The predicted molar refractivity (Wildman–Crippen MR) is 66.8 cm³/mol. The molecule has 0 fully saturated rings. The van der Waals surface area contributed by atoms with Gasteiger partial charge in [0.1, 0.15) is 12.1 Å². The van der Waals surface area contributed by atoms with Crippen LogP contribution in [0, 0.1) is 11.8 Å². The Morgan fingerprint density at radius 2 is 1.61 bits per heavy atom. The van der Waals surface area contributed by atoms with Crippen LogP contribution in [0.1, 0.15) is 12.8 Å². The molecule has 1 rings (SSSR count). The lowest BCUT2D eigenvalue weighted by Gasteiger charge is -2.25. The second-order valence-corrected chi connectivity index (χ2v) is 5.38. The minimum Gasteiger partial charge on any atom is -0.549 e. The first-order chi connectivity index (χ1) is 10.6. The predicted octanol–water partition coefficient (Wildman–Crippen LogP) is -6.46. The van der Waals surface area contributed by atoms with E-state index in [1.807, 2.05) is 0 Å². The fourth-order valence-corrected chi connectivity index (χ4v) is 2.27. The number of carboxylic acids is 3. The zero-order chi connectivity index (χ0) is 17.7. The van der Waals surface area contributed by atoms with E-state index in [1.54, 1.807) is 0 Å². The van der Waals surface area contributed by atoms with Gasteiger partial charge in [-0.1, -0.05) is 12.2 Å². The number of quaternary nitrogens is 2. The lowest BCUT2D eigenvalue weighted by atomic mass is 9.82. The molecule has 0 aromatic carbocycles. The third-order valence-electron chi connectivity index (χ3n) is 3.58. The highest BCUT2D eigenvalue weighted by Gasteiger charge is 2.28. The molecule has 1 aliphatic carbocycles. The molecule has 9 heteroatoms. The maximum absolute atomic E-state index is 11.9. The molecule has 23 heavy (non-hydrogen) atoms. The van der Waals surface area contributed by atoms with E-state index in [9.17, 15) is 34.5 Å². The molecule has 6 N–H and O–H groups in total. The molecule has 0 aromatic heterocycles. The Balaban J connectivity index is 3.01. The van der Waals surface area contributed by atoms with Gasteiger partial charge in [0.15, 0.2) is 5.78 Å². The molecule has 0 bridgehead atoms. The van der Waals surface area contributed by atoms with E-state index in [0.717, 1.165) is 6.08 Å². The number of carbonyl (C=O) groups excluding carboxylic acids is 4. The number of rotatable bonds is 8. The van der Waals surface area contributed by atoms with Crippen LogP contribution >= 0.6 is 0 Å². The maximum atomic E-state index is 11.9. The number of carboxylic acid groups (broad SMARTS) is 3. The van der Waals surface area contributed by atoms with Crippen LogP contribution in [-0.2, 0) is 19.2 Å². The van der Waals surface area contributed by atoms with Gasteiger partial charge in [-0.25, -0.2) is 0 Å². The van der Waals surface area contributed by atoms with Crippen LogP contribution in [0.15, 0.2) is 23.8 Å². The molecular formula is C14H17N2O7-. The number of allylic oxidation sites excluding steroid dienone is 3. The Labute approximate surface area is 131 Å². The summed E-state index contributed by atoms with van der Waals surface area (Å²) in [4.78, 5) is 44.6. The van der Waals surface area contributed by atoms with Gasteiger partial charge in [0.25, 0.3) is 0 Å². The standard InChI is InChI=1S/C14H18N2O7/c15-9(13(20)21)4-6-1-2-11(17)7(3-6)8(12(18)19)5-10(16)14(22)23/h1-3,6,8-10H,4-5,15-16H2,(H,18,19)(H,20,21)(H,22,23)/p-1. The van der Waals surface area contributed by atoms with E-state index < -0.39 is 54.0 Å². The molecule has 0 amide bonds. The van der Waals surface area contributed by atoms with Crippen molar-refractivity contribution in [3.05, 3.63) is 23.8 Å². The summed E-state index contributed by atoms with van der Waals surface area (Å²) in [6, 6.07) is -2.37. The van der Waals surface area contributed by atoms with Gasteiger partial charge >= 0.3 is 0 Å². The fourth-order valence-electron chi connectivity index (χ4n) is 2.27. The summed E-state index contributed by atoms with van der Waals surface area (Å²) in [6.07, 6.45) is 3.40. The largest absolute Gasteiger partial charge is 0.549 e. The summed E-state index contributed by atoms with van der Waals surface area (Å²) >= 11 is 0. The highest BCUT2D eigenvalue weighted by atomic mass is 16.4. The molecule has 4 atom stereocenters. The first-order valence-electron chi connectivity index (χ1n) is 6.86. The first-order valence-corrected chi connectivity index (χ1v) is 6.86. The van der Waals surface area contributed by atoms with E-state index in [1.165, 1.54) is 12.2 Å². The van der Waals surface area contributed by atoms with Crippen molar-refractivity contribution >= 4 is 23.7 Å². The summed E-state index contributed by atoms with van der Waals surface area (Å²) in [5.74, 6) is -7.12. The average molecular weight is 325 g/mol. The van der Waals surface area contributed by atoms with Crippen molar-refractivity contribution in [2.45, 2.75) is 24.9 Å². The van der Waals surface area contributed by atoms with Crippen LogP contribution in [0.3, 0.4) is 0 Å². The quantitative estimate of drug-likeness (QED) is 0.442. The number of hydrogen-bond donors (Lipinski definition) is 2. The zero-order valence-corrected chi connectivity index (χ0v) is 12.2. The van der Waals surface area contributed by atoms with E-state index in [-0.39, 0.29) is 12.0 Å². The molecule has 0 spiro atoms. The maximum Gasteiger partial charge on any atom is 0.181 e. The van der Waals surface area contributed by atoms with E-state index >= 15 is 0 Å². The third-order valence-corrected chi connectivity index (χ3v) is 3.58. The van der Waals surface area contributed by atoms with Gasteiger partial charge in [-0.2, -0.15) is 0 Å². The van der Waals surface area contributed by atoms with Crippen LogP contribution in [0.4, 0.5) is 0 Å². The molecule has 4 unspecified atom stereocenters. The van der Waals surface area contributed by atoms with Crippen LogP contribution in [0.25, 0.3) is 0 Å². The summed E-state index contributed by atoms with van der Waals surface area (Å²) < 4.78 is 0. The normalized spacial score (nSPS) is 21.2. The summed E-state index contributed by atoms with van der Waals surface area (Å²) in [7, 11) is 0. The highest BCUT2D eigenvalue weighted by molar-refractivity contribution is 6.08. The molecule has 0 saturated carbocycles. The second-order valence-electron chi connectivity index (χ2n) is 5.38. The molecule has 0 aliphatic heterocycles. The molecular weight excluding hydrogens is 308 g/mol. The molecule has 126 valence electrons. The third kappa shape index (κ3) is 5.01. The smallest absolute Gasteiger partial charge is 0.181 e. The van der Waals surface area contributed by atoms with Crippen molar-refractivity contribution in [3.63, 3.8) is 0 Å². The number of carbonyl (C=O) groups is 4. The van der Waals surface area contributed by atoms with E-state index in [2.05, 4.69) is 11.5 Å². The topological polar surface area (TPSA) is 193 Å². The van der Waals surface area contributed by atoms with Crippen molar-refractivity contribution in [3.8, 4) is 0 Å². The van der Waals surface area contributed by atoms with Gasteiger partial charge in [0.2, 0.25) is 0 Å². The Kier molecular flexibility index (Phi) is 6.17. The summed E-state index contributed by atoms with van der Waals surface area (Å²) in [5.41, 5.74) is 6.50. The Hall–Kier alpha value is -2.52. The summed E-state index contributed by atoms with van der Waals surface area (Å²) in [5, 5.41) is 32.7. The van der Waals surface area contributed by atoms with Crippen LogP contribution in [0.5, 0.6) is 0 Å². The number of hydrogen-bond acceptors (Lipinski definition) is 7. The Bertz CT molecular complexity index is 582. The molecule has 1 aliphatic rings. The van der Waals surface area contributed by atoms with Crippen molar-refractivity contribution in [2.75, 3.05) is 0 Å². The minimum atomic E-state index is -1.61. The van der Waals surface area contributed by atoms with Crippen LogP contribution in [0.2, 0.25) is 0 Å². The second kappa shape index (κ2) is 7.65. The van der Waals surface area contributed by atoms with Crippen LogP contribution < -0.4 is 26.8 Å². The summed E-state index contributed by atoms with van der Waals surface area (Å²) in [6.45, 7) is 0. The van der Waals surface area contributed by atoms with Crippen molar-refractivity contribution in [2.24, 2.45) is 11.8 Å². The van der Waals surface area contributed by atoms with Gasteiger partial charge in [-0.3, -0.25) is 4.79 Å². The van der Waals surface area contributed by atoms with Gasteiger partial charge in [0, 0.05) is 36.2 Å². The van der Waals surface area contributed by atoms with Crippen LogP contribution in [-0.4, -0.2) is 35.8 Å². The molecule has 9 nitrogen and oxygen atoms in total. The zero-order valence-electron chi connectivity index (χ0n) is 12.2. The highest BCUT2D eigenvalue weighted by Crippen LogP contribution is 2.25. The van der Waals surface area contributed by atoms with Crippen molar-refractivity contribution < 1.29 is 46.0 Å². The van der Waals surface area contributed by atoms with Gasteiger partial charge in [-0.15, -0.1) is 0 Å². The Morgan fingerprint density at radius 3 is 2.09 bits per heavy atom. The molecule has 0 radical (unpaired) electrons. The molecule has 0 aromatic rings. The fraction of sp³-hybridized carbons (Fsp3) is 0.429. The van der Waals surface area contributed by atoms with E-state index in [4.69, 9.17) is 0 Å². The van der Waals surface area contributed by atoms with Gasteiger partial charge in [-0.05, 0) is 6.08 Å². The Morgan fingerprint density at radius 1 is 1.04 bits per heavy atom. The minimum absolute atomic E-state index is 0.0175. The lowest BCUT2D eigenvalue weighted by molar-refractivity contribution is -0.440. The number of aliphatic carboxylic acids is 3. The monoisotopic (exact) mass is 325 g/mol. The molecule has 0 saturated heterocycles.